The molecule has 6 nitrogen and oxygen atoms in total. The smallest absolute Gasteiger partial charge is 0.356 e. The zero-order chi connectivity index (χ0) is 11.6. The Hall–Kier alpha value is -1.37. The average Bonchev–Trinajstić information content (AvgIpc) is 2.51. The number of nitrogens with one attached hydrogen (secondary N) is 1. The molecule has 0 saturated heterocycles. The molecule has 1 rings (SSSR count). The highest BCUT2D eigenvalue weighted by atomic mass is 32.2. The van der Waals surface area contributed by atoms with E-state index in [0.717, 1.165) is 0 Å². The summed E-state index contributed by atoms with van der Waals surface area (Å²) in [5, 5.41) is 13.9. The Morgan fingerprint density at radius 3 is 2.60 bits per heavy atom. The summed E-state index contributed by atoms with van der Waals surface area (Å²) in [6.07, 6.45) is 0. The first-order valence-electron chi connectivity index (χ1n) is 4.32. The van der Waals surface area contributed by atoms with Crippen LogP contribution in [-0.4, -0.2) is 34.9 Å². The number of carbonyl (C=O) groups is 1. The van der Waals surface area contributed by atoms with Gasteiger partial charge in [0.25, 0.3) is 0 Å². The van der Waals surface area contributed by atoms with Crippen LogP contribution >= 0.6 is 0 Å². The number of hydrogen-bond acceptors (Lipinski definition) is 4. The Morgan fingerprint density at radius 1 is 1.60 bits per heavy atom. The van der Waals surface area contributed by atoms with Crippen LogP contribution in [0.5, 0.6) is 0 Å². The van der Waals surface area contributed by atoms with Crippen molar-refractivity contribution in [2.45, 2.75) is 24.9 Å². The molecule has 0 aliphatic rings. The van der Waals surface area contributed by atoms with Gasteiger partial charge in [-0.25, -0.2) is 13.2 Å². The maximum absolute atomic E-state index is 11.5. The highest BCUT2D eigenvalue weighted by Crippen LogP contribution is 2.09. The van der Waals surface area contributed by atoms with Crippen LogP contribution in [0.25, 0.3) is 0 Å². The molecular formula is C8H12N2O4S. The lowest BCUT2D eigenvalue weighted by Gasteiger charge is -2.04. The third-order valence-electron chi connectivity index (χ3n) is 1.92. The fourth-order valence-electron chi connectivity index (χ4n) is 0.929. The fraction of sp³-hybridized carbons (Fsp3) is 0.500. The monoisotopic (exact) mass is 232 g/mol. The van der Waals surface area contributed by atoms with Gasteiger partial charge in [-0.1, -0.05) is 0 Å². The topological polar surface area (TPSA) is 100 Å². The van der Waals surface area contributed by atoms with Crippen LogP contribution in [0.1, 0.15) is 30.0 Å². The van der Waals surface area contributed by atoms with Gasteiger partial charge in [0.2, 0.25) is 0 Å². The standard InChI is InChI=1S/C8H12N2O4S/c1-5(2)15(13,14)4-6-3-7(8(11)12)10-9-6/h3,5H,4H2,1-2H3,(H,9,10)(H,11,12). The Morgan fingerprint density at radius 2 is 2.20 bits per heavy atom. The summed E-state index contributed by atoms with van der Waals surface area (Å²) in [4.78, 5) is 10.5. The fourth-order valence-corrected chi connectivity index (χ4v) is 1.84. The zero-order valence-electron chi connectivity index (χ0n) is 8.39. The van der Waals surface area contributed by atoms with Gasteiger partial charge < -0.3 is 5.11 Å². The lowest BCUT2D eigenvalue weighted by atomic mass is 10.4. The Labute approximate surface area is 87.2 Å². The van der Waals surface area contributed by atoms with Crippen LogP contribution in [0, 0.1) is 0 Å². The van der Waals surface area contributed by atoms with Crippen molar-refractivity contribution in [1.82, 2.24) is 10.2 Å². The zero-order valence-corrected chi connectivity index (χ0v) is 9.21. The van der Waals surface area contributed by atoms with Gasteiger partial charge in [0, 0.05) is 0 Å². The van der Waals surface area contributed by atoms with Gasteiger partial charge >= 0.3 is 5.97 Å². The molecule has 2 N–H and O–H groups in total. The van der Waals surface area contributed by atoms with E-state index in [2.05, 4.69) is 10.2 Å². The number of nitrogens with zero attached hydrogens (tertiary/aromatic N) is 1. The molecule has 84 valence electrons. The SMILES string of the molecule is CC(C)S(=O)(=O)Cc1cc(C(=O)O)n[nH]1. The van der Waals surface area contributed by atoms with E-state index in [1.165, 1.54) is 6.07 Å². The van der Waals surface area contributed by atoms with Crippen molar-refractivity contribution in [1.29, 1.82) is 0 Å². The second-order valence-electron chi connectivity index (χ2n) is 3.44. The molecule has 15 heavy (non-hydrogen) atoms. The minimum Gasteiger partial charge on any atom is -0.476 e. The summed E-state index contributed by atoms with van der Waals surface area (Å²) in [7, 11) is -3.23. The molecule has 0 saturated carbocycles. The quantitative estimate of drug-likeness (QED) is 0.784. The van der Waals surface area contributed by atoms with Crippen LogP contribution in [0.3, 0.4) is 0 Å². The molecule has 1 aromatic heterocycles. The van der Waals surface area contributed by atoms with Gasteiger partial charge in [-0.2, -0.15) is 5.10 Å². The van der Waals surface area contributed by atoms with Crippen LogP contribution in [0.2, 0.25) is 0 Å². The molecule has 0 spiro atoms. The van der Waals surface area contributed by atoms with Gasteiger partial charge in [-0.3, -0.25) is 5.10 Å². The maximum Gasteiger partial charge on any atom is 0.356 e. The molecule has 1 aromatic rings. The summed E-state index contributed by atoms with van der Waals surface area (Å²) < 4.78 is 23.0. The van der Waals surface area contributed by atoms with Gasteiger partial charge in [0.05, 0.1) is 16.7 Å². The number of aromatic carboxylic acids is 1. The molecule has 1 heterocycles. The normalized spacial score (nSPS) is 11.9. The molecule has 0 aliphatic heterocycles. The van der Waals surface area contributed by atoms with E-state index in [1.54, 1.807) is 13.8 Å². The molecule has 0 radical (unpaired) electrons. The second kappa shape index (κ2) is 4.01. The molecule has 0 amide bonds. The highest BCUT2D eigenvalue weighted by molar-refractivity contribution is 7.91. The highest BCUT2D eigenvalue weighted by Gasteiger charge is 2.19. The molecule has 0 atom stereocenters. The Balaban J connectivity index is 2.87. The van der Waals surface area contributed by atoms with Gasteiger partial charge in [0.15, 0.2) is 15.5 Å². The van der Waals surface area contributed by atoms with Crippen LogP contribution in [0.15, 0.2) is 6.07 Å². The molecule has 0 aliphatic carbocycles. The predicted molar refractivity (Wildman–Crippen MR) is 53.3 cm³/mol. The van der Waals surface area contributed by atoms with Gasteiger partial charge in [-0.05, 0) is 19.9 Å². The van der Waals surface area contributed by atoms with Crippen molar-refractivity contribution < 1.29 is 18.3 Å². The molecule has 0 fully saturated rings. The van der Waals surface area contributed by atoms with Crippen molar-refractivity contribution in [2.24, 2.45) is 0 Å². The Kier molecular flexibility index (Phi) is 3.13. The van der Waals surface area contributed by atoms with E-state index in [1.807, 2.05) is 0 Å². The molecule has 0 bridgehead atoms. The minimum absolute atomic E-state index is 0.177. The number of carboxylic acids is 1. The third-order valence-corrected chi connectivity index (χ3v) is 4.07. The first-order valence-corrected chi connectivity index (χ1v) is 6.03. The summed E-state index contributed by atoms with van der Waals surface area (Å²) >= 11 is 0. The van der Waals surface area contributed by atoms with Crippen molar-refractivity contribution in [3.05, 3.63) is 17.5 Å². The number of sulfone groups is 1. The third kappa shape index (κ3) is 2.79. The van der Waals surface area contributed by atoms with Crippen molar-refractivity contribution in [3.63, 3.8) is 0 Å². The van der Waals surface area contributed by atoms with E-state index < -0.39 is 21.1 Å². The van der Waals surface area contributed by atoms with E-state index in [-0.39, 0.29) is 11.4 Å². The van der Waals surface area contributed by atoms with Crippen molar-refractivity contribution in [2.75, 3.05) is 0 Å². The van der Waals surface area contributed by atoms with Crippen LogP contribution < -0.4 is 0 Å². The largest absolute Gasteiger partial charge is 0.476 e. The molecule has 0 unspecified atom stereocenters. The van der Waals surface area contributed by atoms with Crippen molar-refractivity contribution >= 4 is 15.8 Å². The number of rotatable bonds is 4. The first kappa shape index (κ1) is 11.7. The summed E-state index contributed by atoms with van der Waals surface area (Å²) in [5.41, 5.74) is 0.116. The summed E-state index contributed by atoms with van der Waals surface area (Å²) in [5.74, 6) is -1.40. The molecule has 0 aromatic carbocycles. The number of hydrogen-bond donors (Lipinski definition) is 2. The minimum atomic E-state index is -3.23. The average molecular weight is 232 g/mol. The first-order chi connectivity index (χ1) is 6.83. The summed E-state index contributed by atoms with van der Waals surface area (Å²) in [6, 6.07) is 1.22. The summed E-state index contributed by atoms with van der Waals surface area (Å²) in [6.45, 7) is 3.15. The van der Waals surface area contributed by atoms with Crippen molar-refractivity contribution in [3.8, 4) is 0 Å². The molecular weight excluding hydrogens is 220 g/mol. The van der Waals surface area contributed by atoms with Crippen LogP contribution in [0.4, 0.5) is 0 Å². The second-order valence-corrected chi connectivity index (χ2v) is 6.00. The van der Waals surface area contributed by atoms with E-state index in [0.29, 0.717) is 5.69 Å². The maximum atomic E-state index is 11.5. The lowest BCUT2D eigenvalue weighted by Crippen LogP contribution is -2.16. The van der Waals surface area contributed by atoms with E-state index in [4.69, 9.17) is 5.11 Å². The lowest BCUT2D eigenvalue weighted by molar-refractivity contribution is 0.0690. The Bertz CT molecular complexity index is 461. The molecule has 7 heteroatoms. The van der Waals surface area contributed by atoms with Crippen LogP contribution in [-0.2, 0) is 15.6 Å². The van der Waals surface area contributed by atoms with Gasteiger partial charge in [0.1, 0.15) is 0 Å². The van der Waals surface area contributed by atoms with E-state index in [9.17, 15) is 13.2 Å². The number of H-pyrrole nitrogens is 1. The van der Waals surface area contributed by atoms with E-state index >= 15 is 0 Å². The number of carboxylic acid groups (broad SMARTS) is 1. The predicted octanol–water partition coefficient (Wildman–Crippen LogP) is 0.431. The van der Waals surface area contributed by atoms with Gasteiger partial charge in [-0.15, -0.1) is 0 Å². The number of aromatic amines is 1. The number of aromatic nitrogens is 2.